The van der Waals surface area contributed by atoms with Crippen molar-refractivity contribution in [2.24, 2.45) is 0 Å². The van der Waals surface area contributed by atoms with E-state index in [1.807, 2.05) is 0 Å². The molecular weight excluding hydrogens is 212 g/mol. The van der Waals surface area contributed by atoms with Crippen molar-refractivity contribution in [1.82, 2.24) is 10.6 Å². The van der Waals surface area contributed by atoms with Gasteiger partial charge in [-0.3, -0.25) is 0 Å². The van der Waals surface area contributed by atoms with Gasteiger partial charge in [0.1, 0.15) is 0 Å². The van der Waals surface area contributed by atoms with Crippen molar-refractivity contribution >= 4 is 0 Å². The van der Waals surface area contributed by atoms with Gasteiger partial charge in [-0.2, -0.15) is 0 Å². The van der Waals surface area contributed by atoms with Crippen LogP contribution in [0.15, 0.2) is 0 Å². The first-order valence-corrected chi connectivity index (χ1v) is 7.48. The summed E-state index contributed by atoms with van der Waals surface area (Å²) >= 11 is 0. The molecule has 2 N–H and O–H groups in total. The average molecular weight is 240 g/mol. The first kappa shape index (κ1) is 13.3. The molecule has 0 bridgehead atoms. The molecule has 1 saturated heterocycles. The zero-order valence-corrected chi connectivity index (χ0v) is 11.2. The van der Waals surface area contributed by atoms with Crippen LogP contribution in [0.25, 0.3) is 0 Å². The molecule has 2 atom stereocenters. The molecule has 2 aliphatic rings. The number of rotatable bonds is 9. The molecule has 1 saturated carbocycles. The van der Waals surface area contributed by atoms with Crippen LogP contribution in [0, 0.1) is 0 Å². The number of nitrogens with one attached hydrogen (secondary N) is 2. The first-order chi connectivity index (χ1) is 8.38. The van der Waals surface area contributed by atoms with E-state index in [0.717, 1.165) is 19.1 Å². The highest BCUT2D eigenvalue weighted by Crippen LogP contribution is 2.23. The number of ether oxygens (including phenoxy) is 1. The van der Waals surface area contributed by atoms with E-state index in [0.29, 0.717) is 12.2 Å². The van der Waals surface area contributed by atoms with E-state index in [-0.39, 0.29) is 0 Å². The molecule has 0 spiro atoms. The Kier molecular flexibility index (Phi) is 5.75. The van der Waals surface area contributed by atoms with Crippen molar-refractivity contribution in [1.29, 1.82) is 0 Å². The molecule has 2 rings (SSSR count). The van der Waals surface area contributed by atoms with Gasteiger partial charge < -0.3 is 15.4 Å². The molecule has 0 aromatic carbocycles. The average Bonchev–Trinajstić information content (AvgIpc) is 3.05. The molecule has 3 heteroatoms. The SMILES string of the molecule is CCNCC1CCC(CCCCNC2CC2)O1. The summed E-state index contributed by atoms with van der Waals surface area (Å²) in [5.74, 6) is 0. The van der Waals surface area contributed by atoms with Crippen molar-refractivity contribution in [2.75, 3.05) is 19.6 Å². The van der Waals surface area contributed by atoms with Crippen LogP contribution in [0.5, 0.6) is 0 Å². The van der Waals surface area contributed by atoms with E-state index in [9.17, 15) is 0 Å². The van der Waals surface area contributed by atoms with E-state index >= 15 is 0 Å². The lowest BCUT2D eigenvalue weighted by molar-refractivity contribution is 0.0399. The summed E-state index contributed by atoms with van der Waals surface area (Å²) in [4.78, 5) is 0. The zero-order valence-electron chi connectivity index (χ0n) is 11.2. The maximum Gasteiger partial charge on any atom is 0.0704 e. The van der Waals surface area contributed by atoms with Gasteiger partial charge in [0.15, 0.2) is 0 Å². The van der Waals surface area contributed by atoms with Gasteiger partial charge in [0.2, 0.25) is 0 Å². The maximum atomic E-state index is 6.02. The molecule has 2 fully saturated rings. The molecule has 3 nitrogen and oxygen atoms in total. The molecule has 0 aromatic rings. The van der Waals surface area contributed by atoms with E-state index in [4.69, 9.17) is 4.74 Å². The third-order valence-electron chi connectivity index (χ3n) is 3.78. The molecule has 0 radical (unpaired) electrons. The Hall–Kier alpha value is -0.120. The third-order valence-corrected chi connectivity index (χ3v) is 3.78. The highest BCUT2D eigenvalue weighted by molar-refractivity contribution is 4.80. The zero-order chi connectivity index (χ0) is 11.9. The Labute approximate surface area is 106 Å². The van der Waals surface area contributed by atoms with Gasteiger partial charge in [0.25, 0.3) is 0 Å². The second-order valence-electron chi connectivity index (χ2n) is 5.49. The van der Waals surface area contributed by atoms with Crippen LogP contribution in [0.3, 0.4) is 0 Å². The predicted molar refractivity (Wildman–Crippen MR) is 71.3 cm³/mol. The maximum absolute atomic E-state index is 6.02. The van der Waals surface area contributed by atoms with Gasteiger partial charge in [-0.25, -0.2) is 0 Å². The van der Waals surface area contributed by atoms with Crippen molar-refractivity contribution in [3.63, 3.8) is 0 Å². The van der Waals surface area contributed by atoms with Gasteiger partial charge in [-0.15, -0.1) is 0 Å². The largest absolute Gasteiger partial charge is 0.374 e. The predicted octanol–water partition coefficient (Wildman–Crippen LogP) is 2.07. The van der Waals surface area contributed by atoms with Gasteiger partial charge in [-0.1, -0.05) is 6.92 Å². The van der Waals surface area contributed by atoms with Crippen LogP contribution in [0.2, 0.25) is 0 Å². The quantitative estimate of drug-likeness (QED) is 0.605. The molecule has 1 aliphatic heterocycles. The van der Waals surface area contributed by atoms with Crippen molar-refractivity contribution in [3.8, 4) is 0 Å². The molecule has 17 heavy (non-hydrogen) atoms. The van der Waals surface area contributed by atoms with Crippen molar-refractivity contribution < 1.29 is 4.74 Å². The summed E-state index contributed by atoms with van der Waals surface area (Å²) in [6.45, 7) is 5.45. The lowest BCUT2D eigenvalue weighted by atomic mass is 10.1. The van der Waals surface area contributed by atoms with Gasteiger partial charge in [0.05, 0.1) is 12.2 Å². The topological polar surface area (TPSA) is 33.3 Å². The van der Waals surface area contributed by atoms with Crippen LogP contribution < -0.4 is 10.6 Å². The Morgan fingerprint density at radius 2 is 1.88 bits per heavy atom. The van der Waals surface area contributed by atoms with Crippen LogP contribution >= 0.6 is 0 Å². The van der Waals surface area contributed by atoms with Crippen LogP contribution in [0.4, 0.5) is 0 Å². The molecule has 2 unspecified atom stereocenters. The summed E-state index contributed by atoms with van der Waals surface area (Å²) < 4.78 is 6.02. The minimum absolute atomic E-state index is 0.476. The number of hydrogen-bond acceptors (Lipinski definition) is 3. The highest BCUT2D eigenvalue weighted by atomic mass is 16.5. The molecule has 0 aromatic heterocycles. The van der Waals surface area contributed by atoms with Gasteiger partial charge >= 0.3 is 0 Å². The summed E-state index contributed by atoms with van der Waals surface area (Å²) in [6.07, 6.45) is 10.2. The molecular formula is C14H28N2O. The fraction of sp³-hybridized carbons (Fsp3) is 1.00. The van der Waals surface area contributed by atoms with Crippen LogP contribution in [-0.2, 0) is 4.74 Å². The summed E-state index contributed by atoms with van der Waals surface area (Å²) in [6, 6.07) is 0.863. The molecule has 100 valence electrons. The molecule has 1 aliphatic carbocycles. The second kappa shape index (κ2) is 7.34. The molecule has 1 heterocycles. The first-order valence-electron chi connectivity index (χ1n) is 7.48. The minimum Gasteiger partial charge on any atom is -0.374 e. The van der Waals surface area contributed by atoms with Crippen molar-refractivity contribution in [3.05, 3.63) is 0 Å². The number of unbranched alkanes of at least 4 members (excludes halogenated alkanes) is 1. The van der Waals surface area contributed by atoms with Crippen LogP contribution in [0.1, 0.15) is 51.9 Å². The van der Waals surface area contributed by atoms with E-state index in [1.165, 1.54) is 51.5 Å². The number of hydrogen-bond donors (Lipinski definition) is 2. The Balaban J connectivity index is 1.43. The van der Waals surface area contributed by atoms with Crippen LogP contribution in [-0.4, -0.2) is 37.9 Å². The lowest BCUT2D eigenvalue weighted by Gasteiger charge is -2.14. The highest BCUT2D eigenvalue weighted by Gasteiger charge is 2.24. The summed E-state index contributed by atoms with van der Waals surface area (Å²) in [7, 11) is 0. The lowest BCUT2D eigenvalue weighted by Crippen LogP contribution is -2.26. The Morgan fingerprint density at radius 1 is 1.06 bits per heavy atom. The van der Waals surface area contributed by atoms with E-state index < -0.39 is 0 Å². The minimum atomic E-state index is 0.476. The normalized spacial score (nSPS) is 28.8. The van der Waals surface area contributed by atoms with Gasteiger partial charge in [0, 0.05) is 12.6 Å². The fourth-order valence-electron chi connectivity index (χ4n) is 2.54. The van der Waals surface area contributed by atoms with E-state index in [2.05, 4.69) is 17.6 Å². The fourth-order valence-corrected chi connectivity index (χ4v) is 2.54. The van der Waals surface area contributed by atoms with E-state index in [1.54, 1.807) is 0 Å². The van der Waals surface area contributed by atoms with Crippen molar-refractivity contribution in [2.45, 2.75) is 70.1 Å². The third kappa shape index (κ3) is 5.36. The number of likely N-dealkylation sites (N-methyl/N-ethyl adjacent to an activating group) is 1. The second-order valence-corrected chi connectivity index (χ2v) is 5.49. The summed E-state index contributed by atoms with van der Waals surface area (Å²) in [5.41, 5.74) is 0. The standard InChI is InChI=1S/C14H28N2O/c1-2-15-11-14-9-8-13(17-14)5-3-4-10-16-12-6-7-12/h12-16H,2-11H2,1H3. The van der Waals surface area contributed by atoms with Gasteiger partial charge in [-0.05, 0) is 58.0 Å². The summed E-state index contributed by atoms with van der Waals surface area (Å²) in [5, 5.41) is 6.94. The Bertz CT molecular complexity index is 206. The Morgan fingerprint density at radius 3 is 2.65 bits per heavy atom. The monoisotopic (exact) mass is 240 g/mol. The smallest absolute Gasteiger partial charge is 0.0704 e. The molecule has 0 amide bonds.